The maximum absolute atomic E-state index is 12.9. The average molecular weight is 376 g/mol. The summed E-state index contributed by atoms with van der Waals surface area (Å²) >= 11 is 0. The van der Waals surface area contributed by atoms with Gasteiger partial charge >= 0.3 is 0 Å². The zero-order chi connectivity index (χ0) is 18.9. The number of nitrogens with zero attached hydrogens (tertiary/aromatic N) is 6. The van der Waals surface area contributed by atoms with Crippen molar-refractivity contribution >= 4 is 22.4 Å². The minimum Gasteiger partial charge on any atom is -0.368 e. The van der Waals surface area contributed by atoms with Crippen LogP contribution in [-0.2, 0) is 0 Å². The predicted octanol–water partition coefficient (Wildman–Crippen LogP) is 2.63. The summed E-state index contributed by atoms with van der Waals surface area (Å²) in [6.07, 6.45) is 11.6. The molecular formula is C21H24N6O. The second kappa shape index (κ2) is 7.22. The third kappa shape index (κ3) is 3.10. The van der Waals surface area contributed by atoms with Crippen LogP contribution in [0.4, 0.5) is 11.5 Å². The predicted molar refractivity (Wildman–Crippen MR) is 110 cm³/mol. The van der Waals surface area contributed by atoms with Gasteiger partial charge in [0.05, 0.1) is 23.4 Å². The van der Waals surface area contributed by atoms with Gasteiger partial charge in [-0.25, -0.2) is 9.97 Å². The molecule has 1 aromatic carbocycles. The van der Waals surface area contributed by atoms with Crippen LogP contribution in [0, 0.1) is 0 Å². The van der Waals surface area contributed by atoms with Gasteiger partial charge in [-0.05, 0) is 31.0 Å². The van der Waals surface area contributed by atoms with E-state index >= 15 is 0 Å². The smallest absolute Gasteiger partial charge is 0.261 e. The molecule has 2 aliphatic rings. The van der Waals surface area contributed by atoms with E-state index in [1.165, 1.54) is 12.8 Å². The largest absolute Gasteiger partial charge is 0.368 e. The zero-order valence-corrected chi connectivity index (χ0v) is 15.9. The monoisotopic (exact) mass is 376 g/mol. The fraction of sp³-hybridized carbons (Fsp3) is 0.429. The molecule has 0 atom stereocenters. The molecule has 0 amide bonds. The van der Waals surface area contributed by atoms with Crippen LogP contribution in [0.1, 0.15) is 31.7 Å². The van der Waals surface area contributed by atoms with E-state index in [1.807, 2.05) is 22.9 Å². The molecule has 0 unspecified atom stereocenters. The number of benzene rings is 1. The summed E-state index contributed by atoms with van der Waals surface area (Å²) in [4.78, 5) is 30.6. The highest BCUT2D eigenvalue weighted by Crippen LogP contribution is 2.28. The first kappa shape index (κ1) is 17.2. The van der Waals surface area contributed by atoms with E-state index in [9.17, 15) is 4.79 Å². The Morgan fingerprint density at radius 2 is 1.71 bits per heavy atom. The van der Waals surface area contributed by atoms with Gasteiger partial charge in [-0.2, -0.15) is 0 Å². The quantitative estimate of drug-likeness (QED) is 0.700. The van der Waals surface area contributed by atoms with Gasteiger partial charge in [0.1, 0.15) is 5.82 Å². The van der Waals surface area contributed by atoms with Crippen molar-refractivity contribution in [3.63, 3.8) is 0 Å². The van der Waals surface area contributed by atoms with E-state index in [-0.39, 0.29) is 5.56 Å². The van der Waals surface area contributed by atoms with Crippen LogP contribution in [0.25, 0.3) is 10.9 Å². The third-order valence-electron chi connectivity index (χ3n) is 6.00. The first-order valence-corrected chi connectivity index (χ1v) is 10.1. The van der Waals surface area contributed by atoms with Crippen LogP contribution >= 0.6 is 0 Å². The molecule has 1 saturated heterocycles. The van der Waals surface area contributed by atoms with Crippen LogP contribution < -0.4 is 15.4 Å². The van der Waals surface area contributed by atoms with Crippen LogP contribution in [-0.4, -0.2) is 45.7 Å². The van der Waals surface area contributed by atoms with Gasteiger partial charge in [0.25, 0.3) is 5.56 Å². The van der Waals surface area contributed by atoms with Gasteiger partial charge in [-0.3, -0.25) is 14.3 Å². The van der Waals surface area contributed by atoms with E-state index in [0.717, 1.165) is 61.4 Å². The van der Waals surface area contributed by atoms with Gasteiger partial charge in [-0.1, -0.05) is 12.8 Å². The molecule has 0 bridgehead atoms. The number of anilines is 2. The van der Waals surface area contributed by atoms with Crippen molar-refractivity contribution < 1.29 is 0 Å². The number of rotatable bonds is 3. The molecule has 5 rings (SSSR count). The molecule has 1 aliphatic heterocycles. The van der Waals surface area contributed by atoms with E-state index < -0.39 is 0 Å². The lowest BCUT2D eigenvalue weighted by Crippen LogP contribution is -2.46. The topological polar surface area (TPSA) is 67.2 Å². The fourth-order valence-corrected chi connectivity index (χ4v) is 4.41. The van der Waals surface area contributed by atoms with Crippen LogP contribution in [0.2, 0.25) is 0 Å². The summed E-state index contributed by atoms with van der Waals surface area (Å²) in [5.41, 5.74) is 2.00. The van der Waals surface area contributed by atoms with Gasteiger partial charge in [0.2, 0.25) is 0 Å². The van der Waals surface area contributed by atoms with E-state index in [4.69, 9.17) is 0 Å². The standard InChI is InChI=1S/C21H24N6O/c28-21-18-6-5-17(13-19(18)24-15-27(21)16-3-1-2-4-16)25-9-11-26(12-10-25)20-14-22-7-8-23-20/h5-8,13-16H,1-4,9-12H2. The number of piperazine rings is 1. The highest BCUT2D eigenvalue weighted by molar-refractivity contribution is 5.81. The van der Waals surface area contributed by atoms with E-state index in [1.54, 1.807) is 18.7 Å². The highest BCUT2D eigenvalue weighted by atomic mass is 16.1. The van der Waals surface area contributed by atoms with E-state index in [0.29, 0.717) is 6.04 Å². The summed E-state index contributed by atoms with van der Waals surface area (Å²) in [6.45, 7) is 3.60. The molecular weight excluding hydrogens is 352 g/mol. The second-order valence-corrected chi connectivity index (χ2v) is 7.63. The molecule has 1 aliphatic carbocycles. The molecule has 28 heavy (non-hydrogen) atoms. The summed E-state index contributed by atoms with van der Waals surface area (Å²) in [5.74, 6) is 0.926. The van der Waals surface area contributed by atoms with Crippen molar-refractivity contribution in [3.8, 4) is 0 Å². The summed E-state index contributed by atoms with van der Waals surface area (Å²) in [5, 5.41) is 0.719. The van der Waals surface area contributed by atoms with Gasteiger partial charge in [0, 0.05) is 50.3 Å². The van der Waals surface area contributed by atoms with Crippen LogP contribution in [0.3, 0.4) is 0 Å². The Kier molecular flexibility index (Phi) is 4.43. The first-order valence-electron chi connectivity index (χ1n) is 10.1. The van der Waals surface area contributed by atoms with Crippen molar-refractivity contribution in [1.29, 1.82) is 0 Å². The Balaban J connectivity index is 1.36. The molecule has 2 fully saturated rings. The molecule has 0 radical (unpaired) electrons. The van der Waals surface area contributed by atoms with Gasteiger partial charge < -0.3 is 9.80 Å². The SMILES string of the molecule is O=c1c2ccc(N3CCN(c4cnccn4)CC3)cc2ncn1C1CCCC1. The molecule has 144 valence electrons. The highest BCUT2D eigenvalue weighted by Gasteiger charge is 2.21. The molecule has 2 aromatic heterocycles. The molecule has 3 aromatic rings. The lowest BCUT2D eigenvalue weighted by molar-refractivity contribution is 0.499. The maximum atomic E-state index is 12.9. The third-order valence-corrected chi connectivity index (χ3v) is 6.00. The summed E-state index contributed by atoms with van der Waals surface area (Å²) < 4.78 is 1.84. The average Bonchev–Trinajstić information content (AvgIpc) is 3.29. The Hall–Kier alpha value is -2.96. The van der Waals surface area contributed by atoms with Crippen LogP contribution in [0.15, 0.2) is 47.9 Å². The van der Waals surface area contributed by atoms with Gasteiger partial charge in [-0.15, -0.1) is 0 Å². The normalized spacial score (nSPS) is 18.1. The Morgan fingerprint density at radius 3 is 2.46 bits per heavy atom. The summed E-state index contributed by atoms with van der Waals surface area (Å²) in [6, 6.07) is 6.37. The number of fused-ring (bicyclic) bond motifs is 1. The van der Waals surface area contributed by atoms with Crippen molar-refractivity contribution in [2.45, 2.75) is 31.7 Å². The Bertz CT molecular complexity index is 1020. The number of hydrogen-bond acceptors (Lipinski definition) is 6. The Labute approximate surface area is 163 Å². The number of hydrogen-bond donors (Lipinski definition) is 0. The maximum Gasteiger partial charge on any atom is 0.261 e. The fourth-order valence-electron chi connectivity index (χ4n) is 4.41. The molecule has 0 N–H and O–H groups in total. The lowest BCUT2D eigenvalue weighted by Gasteiger charge is -2.36. The van der Waals surface area contributed by atoms with Crippen molar-refractivity contribution in [1.82, 2.24) is 19.5 Å². The molecule has 7 nitrogen and oxygen atoms in total. The van der Waals surface area contributed by atoms with Crippen molar-refractivity contribution in [2.24, 2.45) is 0 Å². The minimum absolute atomic E-state index is 0.0934. The van der Waals surface area contributed by atoms with Crippen molar-refractivity contribution in [3.05, 3.63) is 53.5 Å². The summed E-state index contributed by atoms with van der Waals surface area (Å²) in [7, 11) is 0. The lowest BCUT2D eigenvalue weighted by atomic mass is 10.1. The molecule has 3 heterocycles. The van der Waals surface area contributed by atoms with E-state index in [2.05, 4.69) is 30.8 Å². The zero-order valence-electron chi connectivity index (χ0n) is 15.9. The minimum atomic E-state index is 0.0934. The van der Waals surface area contributed by atoms with Crippen molar-refractivity contribution in [2.75, 3.05) is 36.0 Å². The molecule has 0 spiro atoms. The second-order valence-electron chi connectivity index (χ2n) is 7.63. The first-order chi connectivity index (χ1) is 13.8. The Morgan fingerprint density at radius 1 is 0.929 bits per heavy atom. The molecule has 1 saturated carbocycles. The number of aromatic nitrogens is 4. The van der Waals surface area contributed by atoms with Gasteiger partial charge in [0.15, 0.2) is 0 Å². The van der Waals surface area contributed by atoms with Crippen LogP contribution in [0.5, 0.6) is 0 Å². The molecule has 7 heteroatoms.